The third-order valence-electron chi connectivity index (χ3n) is 6.70. The lowest BCUT2D eigenvalue weighted by Crippen LogP contribution is -2.60. The fraction of sp³-hybridized carbons (Fsp3) is 0.593. The Morgan fingerprint density at radius 3 is 2.47 bits per heavy atom. The normalized spacial score (nSPS) is 25.4. The van der Waals surface area contributed by atoms with E-state index in [-0.39, 0.29) is 29.4 Å². The summed E-state index contributed by atoms with van der Waals surface area (Å²) < 4.78 is 0. The van der Waals surface area contributed by atoms with E-state index < -0.39 is 17.9 Å². The lowest BCUT2D eigenvalue weighted by Gasteiger charge is -2.39. The maximum atomic E-state index is 13.8. The highest BCUT2D eigenvalue weighted by molar-refractivity contribution is 7.13. The Balaban J connectivity index is 1.53. The second kappa shape index (κ2) is 9.43. The molecule has 8 nitrogen and oxygen atoms in total. The molecule has 1 amide bonds. The standard InChI is InChI=1S/C27H39N5O3S/c1-16-21(36-15-28-16)17-9-11-18(12-10-17)27(8)30-23(31-35-27)20-13-19(33)14-32(20)24(34)22(25(2,3)4)29-26(5,6)7/h9-12,15,19-20,22,29,33H,13-14H2,1-8H3,(H,30,31)/t19-,20+,22-,27?/m1/s1. The number of aromatic nitrogens is 1. The highest BCUT2D eigenvalue weighted by Crippen LogP contribution is 2.34. The van der Waals surface area contributed by atoms with Gasteiger partial charge in [0.15, 0.2) is 5.84 Å². The Morgan fingerprint density at radius 1 is 1.25 bits per heavy atom. The molecular formula is C27H39N5O3S. The number of nitrogens with zero attached hydrogens (tertiary/aromatic N) is 3. The molecule has 0 aliphatic carbocycles. The number of aliphatic hydroxyl groups excluding tert-OH is 1. The van der Waals surface area contributed by atoms with Crippen molar-refractivity contribution in [2.24, 2.45) is 10.6 Å². The molecule has 0 radical (unpaired) electrons. The molecule has 1 fully saturated rings. The molecule has 2 aliphatic rings. The number of carbonyl (C=O) groups is 1. The molecule has 4 atom stereocenters. The first-order valence-corrected chi connectivity index (χ1v) is 13.4. The van der Waals surface area contributed by atoms with Crippen LogP contribution in [0.25, 0.3) is 10.4 Å². The van der Waals surface area contributed by atoms with Crippen molar-refractivity contribution < 1.29 is 14.7 Å². The number of amides is 1. The van der Waals surface area contributed by atoms with Crippen LogP contribution in [0, 0.1) is 12.3 Å². The number of aliphatic hydroxyl groups is 1. The first kappa shape index (κ1) is 26.6. The van der Waals surface area contributed by atoms with Crippen LogP contribution in [-0.4, -0.2) is 57.0 Å². The van der Waals surface area contributed by atoms with Gasteiger partial charge in [0.05, 0.1) is 34.3 Å². The molecule has 1 aromatic heterocycles. The second-order valence-electron chi connectivity index (χ2n) is 12.2. The number of β-amino-alcohol motifs (C(OH)–C–C–N with tert-alkyl or cyclic N) is 1. The molecule has 1 saturated heterocycles. The summed E-state index contributed by atoms with van der Waals surface area (Å²) in [7, 11) is 0. The average molecular weight is 514 g/mol. The van der Waals surface area contributed by atoms with Crippen molar-refractivity contribution in [2.75, 3.05) is 6.54 Å². The molecule has 2 aliphatic heterocycles. The second-order valence-corrected chi connectivity index (χ2v) is 13.0. The summed E-state index contributed by atoms with van der Waals surface area (Å²) in [5.74, 6) is 0.523. The number of aryl methyl sites for hydroxylation is 1. The number of nitrogens with one attached hydrogen (secondary N) is 2. The first-order valence-electron chi connectivity index (χ1n) is 12.5. The van der Waals surface area contributed by atoms with E-state index in [9.17, 15) is 9.90 Å². The zero-order valence-corrected chi connectivity index (χ0v) is 23.4. The summed E-state index contributed by atoms with van der Waals surface area (Å²) in [5.41, 5.74) is 3.48. The van der Waals surface area contributed by atoms with E-state index in [0.29, 0.717) is 12.3 Å². The van der Waals surface area contributed by atoms with Gasteiger partial charge in [-0.2, -0.15) is 0 Å². The van der Waals surface area contributed by atoms with Gasteiger partial charge in [-0.15, -0.1) is 11.3 Å². The Hall–Kier alpha value is -2.49. The van der Waals surface area contributed by atoms with Crippen LogP contribution in [0.15, 0.2) is 34.9 Å². The topological polar surface area (TPSA) is 99.1 Å². The van der Waals surface area contributed by atoms with Crippen molar-refractivity contribution >= 4 is 23.1 Å². The zero-order chi connectivity index (χ0) is 26.5. The van der Waals surface area contributed by atoms with Gasteiger partial charge in [-0.3, -0.25) is 4.79 Å². The van der Waals surface area contributed by atoms with Gasteiger partial charge in [-0.05, 0) is 38.7 Å². The number of thiazole rings is 1. The first-order chi connectivity index (χ1) is 16.7. The minimum absolute atomic E-state index is 0.0404. The van der Waals surface area contributed by atoms with Gasteiger partial charge in [-0.1, -0.05) is 50.2 Å². The predicted octanol–water partition coefficient (Wildman–Crippen LogP) is 3.99. The number of hydrogen-bond acceptors (Lipinski definition) is 8. The SMILES string of the molecule is Cc1ncsc1-c1ccc(C2(C)NC([C@@H]3C[C@@H](O)CN3C(=O)[C@@H](NC(C)(C)C)C(C)(C)C)=NO2)cc1. The van der Waals surface area contributed by atoms with Crippen LogP contribution in [0.4, 0.5) is 0 Å². The number of likely N-dealkylation sites (tertiary alicyclic amines) is 1. The van der Waals surface area contributed by atoms with E-state index in [1.54, 1.807) is 16.2 Å². The van der Waals surface area contributed by atoms with E-state index in [0.717, 1.165) is 21.7 Å². The van der Waals surface area contributed by atoms with Crippen molar-refractivity contribution in [3.63, 3.8) is 0 Å². The molecule has 9 heteroatoms. The number of amidine groups is 1. The smallest absolute Gasteiger partial charge is 0.240 e. The van der Waals surface area contributed by atoms with E-state index in [1.807, 2.05) is 31.5 Å². The van der Waals surface area contributed by atoms with Crippen molar-refractivity contribution in [1.82, 2.24) is 20.5 Å². The van der Waals surface area contributed by atoms with Gasteiger partial charge in [0.2, 0.25) is 11.6 Å². The van der Waals surface area contributed by atoms with E-state index in [2.05, 4.69) is 74.4 Å². The minimum atomic E-state index is -0.869. The van der Waals surface area contributed by atoms with Crippen molar-refractivity contribution in [3.8, 4) is 10.4 Å². The molecule has 36 heavy (non-hydrogen) atoms. The molecule has 2 aromatic rings. The van der Waals surface area contributed by atoms with E-state index >= 15 is 0 Å². The van der Waals surface area contributed by atoms with Crippen molar-refractivity contribution in [2.45, 2.75) is 91.3 Å². The van der Waals surface area contributed by atoms with Crippen LogP contribution in [0.3, 0.4) is 0 Å². The number of carbonyl (C=O) groups excluding carboxylic acids is 1. The number of oxime groups is 1. The number of benzene rings is 1. The maximum absolute atomic E-state index is 13.8. The van der Waals surface area contributed by atoms with Crippen LogP contribution in [0.1, 0.15) is 66.1 Å². The molecule has 0 spiro atoms. The molecule has 3 N–H and O–H groups in total. The maximum Gasteiger partial charge on any atom is 0.240 e. The third kappa shape index (κ3) is 5.43. The molecule has 0 bridgehead atoms. The van der Waals surface area contributed by atoms with Crippen LogP contribution in [0.5, 0.6) is 0 Å². The van der Waals surface area contributed by atoms with Crippen LogP contribution in [0.2, 0.25) is 0 Å². The van der Waals surface area contributed by atoms with Crippen LogP contribution in [-0.2, 0) is 15.4 Å². The van der Waals surface area contributed by atoms with Crippen molar-refractivity contribution in [1.29, 1.82) is 0 Å². The number of rotatable bonds is 5. The third-order valence-corrected chi connectivity index (χ3v) is 7.68. The largest absolute Gasteiger partial charge is 0.391 e. The Labute approximate surface area is 218 Å². The van der Waals surface area contributed by atoms with Crippen LogP contribution >= 0.6 is 11.3 Å². The summed E-state index contributed by atoms with van der Waals surface area (Å²) >= 11 is 1.62. The lowest BCUT2D eigenvalue weighted by atomic mass is 9.84. The summed E-state index contributed by atoms with van der Waals surface area (Å²) in [5, 5.41) is 21.8. The lowest BCUT2D eigenvalue weighted by molar-refractivity contribution is -0.137. The molecule has 4 rings (SSSR count). The molecule has 3 heterocycles. The van der Waals surface area contributed by atoms with Gasteiger partial charge < -0.3 is 25.5 Å². The van der Waals surface area contributed by atoms with Gasteiger partial charge >= 0.3 is 0 Å². The van der Waals surface area contributed by atoms with Gasteiger partial charge in [0.25, 0.3) is 0 Å². The fourth-order valence-electron chi connectivity index (χ4n) is 4.78. The summed E-state index contributed by atoms with van der Waals surface area (Å²) in [6, 6.07) is 7.36. The molecule has 1 aromatic carbocycles. The minimum Gasteiger partial charge on any atom is -0.391 e. The van der Waals surface area contributed by atoms with E-state index in [1.165, 1.54) is 0 Å². The monoisotopic (exact) mass is 513 g/mol. The molecule has 1 unspecified atom stereocenters. The van der Waals surface area contributed by atoms with Crippen molar-refractivity contribution in [3.05, 3.63) is 41.0 Å². The number of hydrogen-bond donors (Lipinski definition) is 3. The quantitative estimate of drug-likeness (QED) is 0.559. The molecule has 0 saturated carbocycles. The Kier molecular flexibility index (Phi) is 6.96. The van der Waals surface area contributed by atoms with E-state index in [4.69, 9.17) is 4.84 Å². The highest BCUT2D eigenvalue weighted by Gasteiger charge is 2.47. The Morgan fingerprint density at radius 2 is 1.92 bits per heavy atom. The van der Waals surface area contributed by atoms with Gasteiger partial charge in [-0.25, -0.2) is 4.98 Å². The average Bonchev–Trinajstić information content (AvgIpc) is 3.49. The molecule has 196 valence electrons. The van der Waals surface area contributed by atoms with Gasteiger partial charge in [0, 0.05) is 31.0 Å². The summed E-state index contributed by atoms with van der Waals surface area (Å²) in [4.78, 5) is 27.0. The molecular weight excluding hydrogens is 474 g/mol. The highest BCUT2D eigenvalue weighted by atomic mass is 32.1. The summed E-state index contributed by atoms with van der Waals surface area (Å²) in [6.45, 7) is 16.5. The van der Waals surface area contributed by atoms with Gasteiger partial charge in [0.1, 0.15) is 0 Å². The predicted molar refractivity (Wildman–Crippen MR) is 144 cm³/mol. The fourth-order valence-corrected chi connectivity index (χ4v) is 5.59. The zero-order valence-electron chi connectivity index (χ0n) is 22.5. The summed E-state index contributed by atoms with van der Waals surface area (Å²) in [6.07, 6.45) is -0.208. The Bertz CT molecular complexity index is 1130. The van der Waals surface area contributed by atoms with Crippen LogP contribution < -0.4 is 10.6 Å².